The molecule has 0 saturated heterocycles. The van der Waals surface area contributed by atoms with E-state index in [9.17, 15) is 9.59 Å². The second-order valence-corrected chi connectivity index (χ2v) is 8.51. The number of halogens is 1. The lowest BCUT2D eigenvalue weighted by atomic mass is 9.88. The molecule has 1 aliphatic rings. The topological polar surface area (TPSA) is 92.0 Å². The molecule has 0 unspecified atom stereocenters. The van der Waals surface area contributed by atoms with Crippen molar-refractivity contribution in [3.8, 4) is 11.5 Å². The quantitative estimate of drug-likeness (QED) is 0.362. The Morgan fingerprint density at radius 2 is 1.97 bits per heavy atom. The molecule has 0 amide bonds. The number of fused-ring (bicyclic) bond motifs is 1. The predicted molar refractivity (Wildman–Crippen MR) is 130 cm³/mol. The number of hydrogen-bond donors (Lipinski definition) is 0. The van der Waals surface area contributed by atoms with Gasteiger partial charge >= 0.3 is 5.97 Å². The van der Waals surface area contributed by atoms with Gasteiger partial charge in [-0.25, -0.2) is 9.78 Å². The number of nitrogens with zero attached hydrogens (tertiary/aromatic N) is 3. The number of carbonyl (C=O) groups excluding carboxylic acids is 1. The molecule has 34 heavy (non-hydrogen) atoms. The molecule has 0 bridgehead atoms. The Kier molecular flexibility index (Phi) is 7.47. The van der Waals surface area contributed by atoms with Gasteiger partial charge in [0.2, 0.25) is 0 Å². The molecule has 3 aromatic rings. The average molecular weight is 484 g/mol. The van der Waals surface area contributed by atoms with E-state index in [0.29, 0.717) is 33.1 Å². The zero-order valence-corrected chi connectivity index (χ0v) is 19.9. The Hall–Kier alpha value is -3.39. The highest BCUT2D eigenvalue weighted by atomic mass is 35.5. The fourth-order valence-corrected chi connectivity index (χ4v) is 4.39. The molecular weight excluding hydrogens is 458 g/mol. The van der Waals surface area contributed by atoms with E-state index >= 15 is 0 Å². The van der Waals surface area contributed by atoms with E-state index in [4.69, 9.17) is 26.1 Å². The van der Waals surface area contributed by atoms with Crippen LogP contribution in [0, 0.1) is 0 Å². The first kappa shape index (κ1) is 23.8. The third kappa shape index (κ3) is 5.07. The van der Waals surface area contributed by atoms with E-state index in [1.165, 1.54) is 31.5 Å². The predicted octanol–water partition coefficient (Wildman–Crippen LogP) is 4.54. The molecule has 1 saturated carbocycles. The van der Waals surface area contributed by atoms with E-state index in [1.807, 2.05) is 12.1 Å². The van der Waals surface area contributed by atoms with E-state index in [2.05, 4.69) is 9.84 Å². The third-order valence-corrected chi connectivity index (χ3v) is 6.11. The van der Waals surface area contributed by atoms with Gasteiger partial charge in [0.1, 0.15) is 5.82 Å². The molecule has 0 radical (unpaired) electrons. The number of aromatic nitrogens is 2. The fourth-order valence-electron chi connectivity index (χ4n) is 4.18. The maximum atomic E-state index is 13.4. The largest absolute Gasteiger partial charge is 0.493 e. The standard InChI is InChI=1S/C25H26ClN3O5/c1-32-21-13-18(26)12-17(23(21)34-15-22(30)33-2)14-27-29-24(16-8-4-3-5-9-16)28-20-11-7-6-10-19(20)25(29)31/h6-7,10-14,16H,3-5,8-9,15H2,1-2H3. The number of benzene rings is 2. The molecule has 9 heteroatoms. The van der Waals surface area contributed by atoms with Gasteiger partial charge in [0.15, 0.2) is 18.1 Å². The summed E-state index contributed by atoms with van der Waals surface area (Å²) in [5.74, 6) is 0.837. The zero-order valence-electron chi connectivity index (χ0n) is 19.1. The normalized spacial score (nSPS) is 14.4. The van der Waals surface area contributed by atoms with E-state index in [1.54, 1.807) is 24.3 Å². The Bertz CT molecular complexity index is 1280. The highest BCUT2D eigenvalue weighted by Gasteiger charge is 2.22. The van der Waals surface area contributed by atoms with Crippen LogP contribution in [0.3, 0.4) is 0 Å². The second-order valence-electron chi connectivity index (χ2n) is 8.07. The first-order chi connectivity index (χ1) is 16.5. The molecule has 0 aliphatic heterocycles. The molecular formula is C25H26ClN3O5. The van der Waals surface area contributed by atoms with Crippen molar-refractivity contribution >= 4 is 34.7 Å². The second kappa shape index (κ2) is 10.7. The van der Waals surface area contributed by atoms with Crippen molar-refractivity contribution in [2.24, 2.45) is 5.10 Å². The maximum absolute atomic E-state index is 13.4. The lowest BCUT2D eigenvalue weighted by Gasteiger charge is -2.22. The van der Waals surface area contributed by atoms with Crippen molar-refractivity contribution in [1.29, 1.82) is 0 Å². The molecule has 0 spiro atoms. The number of hydrogen-bond acceptors (Lipinski definition) is 7. The minimum absolute atomic E-state index is 0.146. The van der Waals surface area contributed by atoms with Gasteiger partial charge in [0.25, 0.3) is 5.56 Å². The van der Waals surface area contributed by atoms with Crippen molar-refractivity contribution in [3.63, 3.8) is 0 Å². The van der Waals surface area contributed by atoms with Gasteiger partial charge in [0, 0.05) is 22.6 Å². The summed E-state index contributed by atoms with van der Waals surface area (Å²) in [6.45, 7) is -0.319. The average Bonchev–Trinajstić information content (AvgIpc) is 2.87. The minimum atomic E-state index is -0.547. The van der Waals surface area contributed by atoms with Gasteiger partial charge < -0.3 is 14.2 Å². The molecule has 0 atom stereocenters. The molecule has 178 valence electrons. The monoisotopic (exact) mass is 483 g/mol. The van der Waals surface area contributed by atoms with Crippen LogP contribution in [-0.2, 0) is 9.53 Å². The minimum Gasteiger partial charge on any atom is -0.493 e. The van der Waals surface area contributed by atoms with Crippen LogP contribution in [0.5, 0.6) is 11.5 Å². The van der Waals surface area contributed by atoms with Crippen molar-refractivity contribution in [3.05, 3.63) is 63.2 Å². The van der Waals surface area contributed by atoms with Crippen LogP contribution in [0.1, 0.15) is 49.4 Å². The highest BCUT2D eigenvalue weighted by Crippen LogP contribution is 2.35. The lowest BCUT2D eigenvalue weighted by molar-refractivity contribution is -0.142. The molecule has 1 aromatic heterocycles. The van der Waals surface area contributed by atoms with Crippen LogP contribution in [0.4, 0.5) is 0 Å². The summed E-state index contributed by atoms with van der Waals surface area (Å²) in [4.78, 5) is 29.9. The number of esters is 1. The van der Waals surface area contributed by atoms with Gasteiger partial charge in [-0.2, -0.15) is 9.78 Å². The van der Waals surface area contributed by atoms with Gasteiger partial charge in [-0.05, 0) is 31.0 Å². The van der Waals surface area contributed by atoms with Crippen LogP contribution in [0.15, 0.2) is 46.3 Å². The van der Waals surface area contributed by atoms with Gasteiger partial charge in [0.05, 0.1) is 31.3 Å². The Labute approximate surface area is 202 Å². The first-order valence-corrected chi connectivity index (χ1v) is 11.5. The number of rotatable bonds is 7. The van der Waals surface area contributed by atoms with Crippen LogP contribution in [0.25, 0.3) is 10.9 Å². The van der Waals surface area contributed by atoms with Crippen molar-refractivity contribution in [2.75, 3.05) is 20.8 Å². The van der Waals surface area contributed by atoms with Crippen LogP contribution >= 0.6 is 11.6 Å². The van der Waals surface area contributed by atoms with Crippen molar-refractivity contribution in [1.82, 2.24) is 9.66 Å². The van der Waals surface area contributed by atoms with E-state index < -0.39 is 5.97 Å². The summed E-state index contributed by atoms with van der Waals surface area (Å²) in [7, 11) is 2.75. The van der Waals surface area contributed by atoms with E-state index in [0.717, 1.165) is 25.7 Å². The highest BCUT2D eigenvalue weighted by molar-refractivity contribution is 6.31. The maximum Gasteiger partial charge on any atom is 0.343 e. The molecule has 4 rings (SSSR count). The summed E-state index contributed by atoms with van der Waals surface area (Å²) in [5, 5.41) is 5.41. The molecule has 1 fully saturated rings. The first-order valence-electron chi connectivity index (χ1n) is 11.1. The Morgan fingerprint density at radius 3 is 2.71 bits per heavy atom. The summed E-state index contributed by atoms with van der Waals surface area (Å²) < 4.78 is 17.1. The van der Waals surface area contributed by atoms with E-state index in [-0.39, 0.29) is 23.8 Å². The Morgan fingerprint density at radius 1 is 1.21 bits per heavy atom. The summed E-state index contributed by atoms with van der Waals surface area (Å²) in [6, 6.07) is 10.5. The molecule has 1 heterocycles. The molecule has 0 N–H and O–H groups in total. The Balaban J connectivity index is 1.82. The number of para-hydroxylation sites is 1. The zero-order chi connectivity index (χ0) is 24.1. The smallest absolute Gasteiger partial charge is 0.343 e. The van der Waals surface area contributed by atoms with Gasteiger partial charge in [-0.1, -0.05) is 43.0 Å². The lowest BCUT2D eigenvalue weighted by Crippen LogP contribution is -2.25. The number of methoxy groups -OCH3 is 2. The summed E-state index contributed by atoms with van der Waals surface area (Å²) >= 11 is 6.27. The molecule has 8 nitrogen and oxygen atoms in total. The third-order valence-electron chi connectivity index (χ3n) is 5.89. The van der Waals surface area contributed by atoms with Gasteiger partial charge in [-0.15, -0.1) is 0 Å². The summed E-state index contributed by atoms with van der Waals surface area (Å²) in [5.41, 5.74) is 0.863. The summed E-state index contributed by atoms with van der Waals surface area (Å²) in [6.07, 6.45) is 6.76. The fraction of sp³-hybridized carbons (Fsp3) is 0.360. The number of ether oxygens (including phenoxy) is 3. The molecule has 2 aromatic carbocycles. The van der Waals surface area contributed by atoms with Crippen LogP contribution in [0.2, 0.25) is 5.02 Å². The van der Waals surface area contributed by atoms with Crippen molar-refractivity contribution < 1.29 is 19.0 Å². The number of carbonyl (C=O) groups is 1. The van der Waals surface area contributed by atoms with Crippen molar-refractivity contribution in [2.45, 2.75) is 38.0 Å². The van der Waals surface area contributed by atoms with Crippen LogP contribution in [-0.4, -0.2) is 42.7 Å². The molecule has 1 aliphatic carbocycles. The van der Waals surface area contributed by atoms with Gasteiger partial charge in [-0.3, -0.25) is 4.79 Å². The SMILES string of the molecule is COC(=O)COc1c(C=Nn2c(C3CCCCC3)nc3ccccc3c2=O)cc(Cl)cc1OC. The van der Waals surface area contributed by atoms with Crippen LogP contribution < -0.4 is 15.0 Å².